The van der Waals surface area contributed by atoms with Gasteiger partial charge in [0.1, 0.15) is 17.3 Å². The molecule has 1 saturated heterocycles. The van der Waals surface area contributed by atoms with Gasteiger partial charge in [-0.25, -0.2) is 19.2 Å². The van der Waals surface area contributed by atoms with Crippen molar-refractivity contribution in [2.45, 2.75) is 19.0 Å². The number of rotatable bonds is 5. The minimum Gasteiger partial charge on any atom is -0.369 e. The number of anilines is 2. The van der Waals surface area contributed by atoms with Crippen molar-refractivity contribution in [3.05, 3.63) is 84.4 Å². The second-order valence-corrected chi connectivity index (χ2v) is 9.23. The molecule has 4 aromatic rings. The molecule has 1 aliphatic heterocycles. The van der Waals surface area contributed by atoms with Gasteiger partial charge in [0.05, 0.1) is 5.52 Å². The van der Waals surface area contributed by atoms with Crippen LogP contribution in [0.2, 0.25) is 0 Å². The number of benzene rings is 2. The van der Waals surface area contributed by atoms with E-state index in [-0.39, 0.29) is 17.5 Å². The third-order valence-corrected chi connectivity index (χ3v) is 6.64. The molecule has 2 N–H and O–H groups in total. The van der Waals surface area contributed by atoms with Gasteiger partial charge >= 0.3 is 12.2 Å². The van der Waals surface area contributed by atoms with Crippen molar-refractivity contribution in [1.82, 2.24) is 14.9 Å². The summed E-state index contributed by atoms with van der Waals surface area (Å²) in [6.45, 7) is 1.61. The van der Waals surface area contributed by atoms with Crippen LogP contribution in [-0.4, -0.2) is 40.5 Å². The molecule has 1 fully saturated rings. The van der Waals surface area contributed by atoms with Crippen molar-refractivity contribution >= 4 is 28.4 Å². The predicted octanol–water partition coefficient (Wildman–Crippen LogP) is 6.81. The number of hydrogen-bond acceptors (Lipinski definition) is 4. The lowest BCUT2D eigenvalue weighted by Crippen LogP contribution is -2.42. The molecule has 2 aromatic carbocycles. The molecule has 0 unspecified atom stereocenters. The lowest BCUT2D eigenvalue weighted by atomic mass is 9.97. The summed E-state index contributed by atoms with van der Waals surface area (Å²) in [6.07, 6.45) is -1.54. The monoisotopic (exact) mass is 523 g/mol. The van der Waals surface area contributed by atoms with Gasteiger partial charge in [0, 0.05) is 42.5 Å². The molecule has 2 aromatic heterocycles. The van der Waals surface area contributed by atoms with Crippen LogP contribution in [0.3, 0.4) is 0 Å². The van der Waals surface area contributed by atoms with Gasteiger partial charge in [-0.3, -0.25) is 0 Å². The van der Waals surface area contributed by atoms with Crippen LogP contribution in [0.1, 0.15) is 18.5 Å². The van der Waals surface area contributed by atoms with Crippen molar-refractivity contribution in [3.8, 4) is 11.1 Å². The Kier molecular flexibility index (Phi) is 7.13. The maximum atomic E-state index is 13.4. The highest BCUT2D eigenvalue weighted by molar-refractivity contribution is 5.99. The van der Waals surface area contributed by atoms with Crippen molar-refractivity contribution in [3.63, 3.8) is 0 Å². The van der Waals surface area contributed by atoms with Gasteiger partial charge in [-0.2, -0.15) is 13.2 Å². The molecular weight excluding hydrogens is 498 g/mol. The van der Waals surface area contributed by atoms with E-state index < -0.39 is 17.7 Å². The van der Waals surface area contributed by atoms with Crippen molar-refractivity contribution in [2.75, 3.05) is 30.3 Å². The molecule has 0 saturated carbocycles. The Morgan fingerprint density at radius 1 is 1.00 bits per heavy atom. The summed E-state index contributed by atoms with van der Waals surface area (Å²) in [4.78, 5) is 22.7. The second kappa shape index (κ2) is 10.6. The highest BCUT2D eigenvalue weighted by Gasteiger charge is 2.33. The lowest BCUT2D eigenvalue weighted by molar-refractivity contribution is -0.140. The minimum atomic E-state index is -4.56. The average Bonchev–Trinajstić information content (AvgIpc) is 2.91. The van der Waals surface area contributed by atoms with Crippen molar-refractivity contribution < 1.29 is 22.4 Å². The van der Waals surface area contributed by atoms with Gasteiger partial charge < -0.3 is 15.5 Å². The Morgan fingerprint density at radius 3 is 2.47 bits per heavy atom. The molecule has 6 nitrogen and oxygen atoms in total. The highest BCUT2D eigenvalue weighted by atomic mass is 19.4. The van der Waals surface area contributed by atoms with E-state index in [2.05, 4.69) is 20.6 Å². The summed E-state index contributed by atoms with van der Waals surface area (Å²) >= 11 is 0. The first-order valence-corrected chi connectivity index (χ1v) is 12.3. The SMILES string of the molecule is O=C(Nc1cccc(F)c1)N1CCC(CNc2ncc(-c3ccccc3)c3nc(C(F)(F)F)ccc23)CC1. The maximum Gasteiger partial charge on any atom is 0.433 e. The number of carbonyl (C=O) groups is 1. The smallest absolute Gasteiger partial charge is 0.369 e. The maximum absolute atomic E-state index is 13.4. The summed E-state index contributed by atoms with van der Waals surface area (Å²) in [5.41, 5.74) is 0.927. The van der Waals surface area contributed by atoms with E-state index >= 15 is 0 Å². The Balaban J connectivity index is 1.27. The number of pyridine rings is 2. The Morgan fingerprint density at radius 2 is 1.76 bits per heavy atom. The second-order valence-electron chi connectivity index (χ2n) is 9.23. The number of likely N-dealkylation sites (tertiary alicyclic amines) is 1. The van der Waals surface area contributed by atoms with E-state index in [0.717, 1.165) is 24.5 Å². The molecule has 38 heavy (non-hydrogen) atoms. The van der Waals surface area contributed by atoms with E-state index in [1.54, 1.807) is 17.2 Å². The zero-order chi connectivity index (χ0) is 26.7. The molecule has 0 atom stereocenters. The minimum absolute atomic E-state index is 0.229. The summed E-state index contributed by atoms with van der Waals surface area (Å²) in [5.74, 6) is 0.281. The zero-order valence-electron chi connectivity index (χ0n) is 20.3. The molecule has 196 valence electrons. The summed E-state index contributed by atoms with van der Waals surface area (Å²) < 4.78 is 53.7. The standard InChI is InChI=1S/C28H25F4N5O/c29-20-7-4-8-21(15-20)35-27(38)37-13-11-18(12-14-37)16-33-26-22-9-10-24(28(30,31)32)36-25(22)23(17-34-26)19-5-2-1-3-6-19/h1-10,15,17-18H,11-14,16H2,(H,33,34)(H,35,38). The van der Waals surface area contributed by atoms with Crippen LogP contribution in [0.4, 0.5) is 33.9 Å². The van der Waals surface area contributed by atoms with Gasteiger partial charge in [-0.15, -0.1) is 0 Å². The number of carbonyl (C=O) groups excluding carboxylic acids is 1. The number of fused-ring (bicyclic) bond motifs is 1. The number of aromatic nitrogens is 2. The van der Waals surface area contributed by atoms with Gasteiger partial charge in [0.2, 0.25) is 0 Å². The fraction of sp³-hybridized carbons (Fsp3) is 0.250. The molecule has 1 aliphatic rings. The fourth-order valence-corrected chi connectivity index (χ4v) is 4.59. The third-order valence-electron chi connectivity index (χ3n) is 6.64. The van der Waals surface area contributed by atoms with E-state index in [9.17, 15) is 22.4 Å². The fourth-order valence-electron chi connectivity index (χ4n) is 4.59. The van der Waals surface area contributed by atoms with E-state index in [1.807, 2.05) is 30.3 Å². The number of urea groups is 1. The van der Waals surface area contributed by atoms with Gasteiger partial charge in [0.15, 0.2) is 0 Å². The number of alkyl halides is 3. The Hall–Kier alpha value is -4.21. The zero-order valence-corrected chi connectivity index (χ0v) is 20.3. The first-order valence-electron chi connectivity index (χ1n) is 12.3. The van der Waals surface area contributed by atoms with Crippen LogP contribution in [0.15, 0.2) is 72.9 Å². The number of piperidine rings is 1. The van der Waals surface area contributed by atoms with Gasteiger partial charge in [0.25, 0.3) is 0 Å². The van der Waals surface area contributed by atoms with Crippen LogP contribution in [-0.2, 0) is 6.18 Å². The molecule has 0 bridgehead atoms. The van der Waals surface area contributed by atoms with Crippen LogP contribution >= 0.6 is 0 Å². The summed E-state index contributed by atoms with van der Waals surface area (Å²) in [6, 6.07) is 16.9. The third kappa shape index (κ3) is 5.69. The average molecular weight is 524 g/mol. The predicted molar refractivity (Wildman–Crippen MR) is 138 cm³/mol. The highest BCUT2D eigenvalue weighted by Crippen LogP contribution is 2.35. The molecule has 3 heterocycles. The number of halogens is 4. The number of nitrogens with one attached hydrogen (secondary N) is 2. The van der Waals surface area contributed by atoms with Crippen LogP contribution in [0.25, 0.3) is 22.0 Å². The van der Waals surface area contributed by atoms with Gasteiger partial charge in [-0.1, -0.05) is 36.4 Å². The topological polar surface area (TPSA) is 70.2 Å². The quantitative estimate of drug-likeness (QED) is 0.282. The number of hydrogen-bond donors (Lipinski definition) is 2. The van der Waals surface area contributed by atoms with Crippen molar-refractivity contribution in [1.29, 1.82) is 0 Å². The largest absolute Gasteiger partial charge is 0.433 e. The van der Waals surface area contributed by atoms with E-state index in [1.165, 1.54) is 24.3 Å². The normalized spacial score (nSPS) is 14.5. The Bertz CT molecular complexity index is 1440. The number of nitrogens with zero attached hydrogens (tertiary/aromatic N) is 3. The molecule has 10 heteroatoms. The van der Waals surface area contributed by atoms with Crippen LogP contribution in [0, 0.1) is 11.7 Å². The lowest BCUT2D eigenvalue weighted by Gasteiger charge is -2.32. The molecule has 0 aliphatic carbocycles. The molecule has 0 radical (unpaired) electrons. The van der Waals surface area contributed by atoms with E-state index in [0.29, 0.717) is 42.1 Å². The van der Waals surface area contributed by atoms with Gasteiger partial charge in [-0.05, 0) is 54.7 Å². The molecule has 5 rings (SSSR count). The first-order chi connectivity index (χ1) is 18.3. The van der Waals surface area contributed by atoms with E-state index in [4.69, 9.17) is 0 Å². The Labute approximate surface area is 216 Å². The first kappa shape index (κ1) is 25.4. The van der Waals surface area contributed by atoms with Crippen LogP contribution < -0.4 is 10.6 Å². The molecule has 2 amide bonds. The number of amides is 2. The summed E-state index contributed by atoms with van der Waals surface area (Å²) in [5, 5.41) is 6.51. The van der Waals surface area contributed by atoms with Crippen molar-refractivity contribution in [2.24, 2.45) is 5.92 Å². The summed E-state index contributed by atoms with van der Waals surface area (Å²) in [7, 11) is 0. The molecular formula is C28H25F4N5O. The molecule has 0 spiro atoms. The van der Waals surface area contributed by atoms with Crippen LogP contribution in [0.5, 0.6) is 0 Å².